The molecule has 1 atom stereocenters. The fourth-order valence-corrected chi connectivity index (χ4v) is 3.26. The van der Waals surface area contributed by atoms with Gasteiger partial charge in [0, 0.05) is 11.2 Å². The quantitative estimate of drug-likeness (QED) is 0.543. The summed E-state index contributed by atoms with van der Waals surface area (Å²) in [7, 11) is 0. The third kappa shape index (κ3) is 2.71. The molecule has 1 unspecified atom stereocenters. The van der Waals surface area contributed by atoms with Crippen molar-refractivity contribution in [1.82, 2.24) is 4.98 Å². The Balaban J connectivity index is 1.88. The summed E-state index contributed by atoms with van der Waals surface area (Å²) in [6.07, 6.45) is 0.606. The van der Waals surface area contributed by atoms with Crippen molar-refractivity contribution < 1.29 is 4.42 Å². The van der Waals surface area contributed by atoms with E-state index in [0.29, 0.717) is 22.4 Å². The van der Waals surface area contributed by atoms with Gasteiger partial charge in [-0.15, -0.1) is 0 Å². The van der Waals surface area contributed by atoms with Gasteiger partial charge in [-0.25, -0.2) is 4.98 Å². The molecule has 0 radical (unpaired) electrons. The molecule has 3 rings (SSSR count). The third-order valence-electron chi connectivity index (χ3n) is 3.01. The summed E-state index contributed by atoms with van der Waals surface area (Å²) in [5.41, 5.74) is 2.58. The Labute approximate surface area is 134 Å². The molecule has 0 aliphatic carbocycles. The van der Waals surface area contributed by atoms with Gasteiger partial charge in [-0.05, 0) is 23.8 Å². The Morgan fingerprint density at radius 1 is 1.10 bits per heavy atom. The highest BCUT2D eigenvalue weighted by Crippen LogP contribution is 2.36. The van der Waals surface area contributed by atoms with Crippen molar-refractivity contribution >= 4 is 50.2 Å². The van der Waals surface area contributed by atoms with E-state index in [1.54, 1.807) is 6.07 Å². The van der Waals surface area contributed by atoms with Gasteiger partial charge in [-0.1, -0.05) is 63.4 Å². The number of hydrogen-bond donors (Lipinski definition) is 0. The summed E-state index contributed by atoms with van der Waals surface area (Å²) < 4.78 is 5.71. The highest BCUT2D eigenvalue weighted by Gasteiger charge is 2.17. The molecule has 102 valence electrons. The van der Waals surface area contributed by atoms with Crippen LogP contribution in [0.25, 0.3) is 11.1 Å². The van der Waals surface area contributed by atoms with E-state index in [0.717, 1.165) is 16.7 Å². The van der Waals surface area contributed by atoms with Crippen LogP contribution in [0, 0.1) is 0 Å². The van der Waals surface area contributed by atoms with Crippen LogP contribution < -0.4 is 0 Å². The maximum atomic E-state index is 6.22. The number of nitrogens with zero attached hydrogens (tertiary/aromatic N) is 1. The first-order valence-corrected chi connectivity index (χ1v) is 7.75. The van der Waals surface area contributed by atoms with E-state index in [4.69, 9.17) is 27.6 Å². The Bertz CT molecular complexity index is 723. The van der Waals surface area contributed by atoms with Crippen molar-refractivity contribution in [1.29, 1.82) is 0 Å². The van der Waals surface area contributed by atoms with E-state index in [1.807, 2.05) is 36.4 Å². The molecule has 1 aromatic heterocycles. The van der Waals surface area contributed by atoms with Gasteiger partial charge in [0.2, 0.25) is 0 Å². The van der Waals surface area contributed by atoms with Gasteiger partial charge in [-0.2, -0.15) is 0 Å². The molecule has 5 heteroatoms. The van der Waals surface area contributed by atoms with Gasteiger partial charge in [0.1, 0.15) is 5.52 Å². The standard InChI is InChI=1S/C15H10BrCl2NO/c16-10(9-4-3-5-11(17)15(9)18)8-14-19-12-6-1-2-7-13(12)20-14/h1-7,10H,8H2. The van der Waals surface area contributed by atoms with E-state index in [-0.39, 0.29) is 4.83 Å². The van der Waals surface area contributed by atoms with E-state index in [9.17, 15) is 0 Å². The molecule has 0 bridgehead atoms. The lowest BCUT2D eigenvalue weighted by molar-refractivity contribution is 0.527. The number of benzene rings is 2. The average molecular weight is 371 g/mol. The fourth-order valence-electron chi connectivity index (χ4n) is 2.03. The number of hydrogen-bond acceptors (Lipinski definition) is 2. The maximum absolute atomic E-state index is 6.22. The number of fused-ring (bicyclic) bond motifs is 1. The normalized spacial score (nSPS) is 12.8. The lowest BCUT2D eigenvalue weighted by atomic mass is 10.1. The summed E-state index contributed by atoms with van der Waals surface area (Å²) in [6, 6.07) is 13.3. The number of aromatic nitrogens is 1. The molecule has 1 heterocycles. The molecule has 3 aromatic rings. The van der Waals surface area contributed by atoms with Gasteiger partial charge in [0.25, 0.3) is 0 Å². The largest absolute Gasteiger partial charge is 0.441 e. The lowest BCUT2D eigenvalue weighted by Crippen LogP contribution is -1.96. The highest BCUT2D eigenvalue weighted by atomic mass is 79.9. The first kappa shape index (κ1) is 13.9. The molecule has 0 spiro atoms. The topological polar surface area (TPSA) is 26.0 Å². The summed E-state index contributed by atoms with van der Waals surface area (Å²) in [4.78, 5) is 4.46. The Morgan fingerprint density at radius 3 is 2.70 bits per heavy atom. The highest BCUT2D eigenvalue weighted by molar-refractivity contribution is 9.09. The maximum Gasteiger partial charge on any atom is 0.196 e. The zero-order valence-electron chi connectivity index (χ0n) is 10.3. The SMILES string of the molecule is Clc1cccc(C(Br)Cc2nc3ccccc3o2)c1Cl. The van der Waals surface area contributed by atoms with Crippen LogP contribution >= 0.6 is 39.1 Å². The molecule has 20 heavy (non-hydrogen) atoms. The third-order valence-corrected chi connectivity index (χ3v) is 4.66. The predicted molar refractivity (Wildman–Crippen MR) is 85.8 cm³/mol. The van der Waals surface area contributed by atoms with E-state index < -0.39 is 0 Å². The van der Waals surface area contributed by atoms with Gasteiger partial charge >= 0.3 is 0 Å². The zero-order chi connectivity index (χ0) is 14.1. The lowest BCUT2D eigenvalue weighted by Gasteiger charge is -2.10. The molecule has 0 N–H and O–H groups in total. The van der Waals surface area contributed by atoms with E-state index in [1.165, 1.54) is 0 Å². The van der Waals surface area contributed by atoms with Crippen molar-refractivity contribution in [2.24, 2.45) is 0 Å². The van der Waals surface area contributed by atoms with E-state index >= 15 is 0 Å². The minimum absolute atomic E-state index is 0.00163. The second-order valence-corrected chi connectivity index (χ2v) is 6.28. The molecular weight excluding hydrogens is 361 g/mol. The Hall–Kier alpha value is -1.03. The van der Waals surface area contributed by atoms with Crippen molar-refractivity contribution in [2.45, 2.75) is 11.2 Å². The van der Waals surface area contributed by atoms with Gasteiger partial charge < -0.3 is 4.42 Å². The minimum Gasteiger partial charge on any atom is -0.441 e. The summed E-state index contributed by atoms with van der Waals surface area (Å²) in [5, 5.41) is 1.11. The number of para-hydroxylation sites is 2. The number of oxazole rings is 1. The fraction of sp³-hybridized carbons (Fsp3) is 0.133. The molecule has 2 aromatic carbocycles. The second-order valence-electron chi connectivity index (χ2n) is 4.39. The van der Waals surface area contributed by atoms with Crippen molar-refractivity contribution in [2.75, 3.05) is 0 Å². The number of rotatable bonds is 3. The summed E-state index contributed by atoms with van der Waals surface area (Å²) in [5.74, 6) is 0.670. The predicted octanol–water partition coefficient (Wildman–Crippen LogP) is 5.81. The molecule has 0 saturated carbocycles. The average Bonchev–Trinajstić information content (AvgIpc) is 2.83. The molecule has 0 amide bonds. The second kappa shape index (κ2) is 5.76. The zero-order valence-corrected chi connectivity index (χ0v) is 13.4. The molecule has 0 aliphatic heterocycles. The smallest absolute Gasteiger partial charge is 0.196 e. The van der Waals surface area contributed by atoms with Gasteiger partial charge in [0.05, 0.1) is 10.0 Å². The van der Waals surface area contributed by atoms with Crippen LogP contribution in [0.2, 0.25) is 10.0 Å². The van der Waals surface area contributed by atoms with Crippen molar-refractivity contribution in [3.63, 3.8) is 0 Å². The molecular formula is C15H10BrCl2NO. The minimum atomic E-state index is 0.00163. The van der Waals surface area contributed by atoms with Crippen molar-refractivity contribution in [3.05, 3.63) is 64.0 Å². The van der Waals surface area contributed by atoms with Crippen LogP contribution in [-0.4, -0.2) is 4.98 Å². The van der Waals surface area contributed by atoms with Crippen molar-refractivity contribution in [3.8, 4) is 0 Å². The van der Waals surface area contributed by atoms with Crippen LogP contribution in [0.5, 0.6) is 0 Å². The number of halogens is 3. The van der Waals surface area contributed by atoms with Gasteiger partial charge in [-0.3, -0.25) is 0 Å². The van der Waals surface area contributed by atoms with E-state index in [2.05, 4.69) is 20.9 Å². The molecule has 0 aliphatic rings. The van der Waals surface area contributed by atoms with Crippen LogP contribution in [-0.2, 0) is 6.42 Å². The Morgan fingerprint density at radius 2 is 1.90 bits per heavy atom. The van der Waals surface area contributed by atoms with Crippen LogP contribution in [0.3, 0.4) is 0 Å². The monoisotopic (exact) mass is 369 g/mol. The molecule has 0 saturated heterocycles. The summed E-state index contributed by atoms with van der Waals surface area (Å²) in [6.45, 7) is 0. The Kier molecular flexibility index (Phi) is 4.01. The number of alkyl halides is 1. The first-order chi connectivity index (χ1) is 9.65. The molecule has 2 nitrogen and oxygen atoms in total. The van der Waals surface area contributed by atoms with Crippen LogP contribution in [0.4, 0.5) is 0 Å². The van der Waals surface area contributed by atoms with Crippen LogP contribution in [0.1, 0.15) is 16.3 Å². The van der Waals surface area contributed by atoms with Gasteiger partial charge in [0.15, 0.2) is 11.5 Å². The summed E-state index contributed by atoms with van der Waals surface area (Å²) >= 11 is 15.9. The first-order valence-electron chi connectivity index (χ1n) is 6.07. The van der Waals surface area contributed by atoms with Crippen LogP contribution in [0.15, 0.2) is 46.9 Å². The molecule has 0 fully saturated rings.